The van der Waals surface area contributed by atoms with E-state index in [1.165, 1.54) is 11.3 Å². The highest BCUT2D eigenvalue weighted by atomic mass is 79.9. The van der Waals surface area contributed by atoms with Gasteiger partial charge in [-0.25, -0.2) is 4.98 Å². The average molecular weight is 417 g/mol. The molecule has 0 bridgehead atoms. The van der Waals surface area contributed by atoms with E-state index < -0.39 is 0 Å². The topological polar surface area (TPSA) is 51.2 Å². The number of amides is 1. The first-order valence-corrected chi connectivity index (χ1v) is 9.42. The number of carbonyl (C=O) groups is 1. The average Bonchev–Trinajstić information content (AvgIpc) is 3.05. The summed E-state index contributed by atoms with van der Waals surface area (Å²) in [4.78, 5) is 18.2. The molecule has 1 N–H and O–H groups in total. The number of aryl methyl sites for hydroxylation is 1. The van der Waals surface area contributed by atoms with Crippen LogP contribution in [0.5, 0.6) is 5.75 Å². The lowest BCUT2D eigenvalue weighted by Crippen LogP contribution is -2.11. The minimum absolute atomic E-state index is 0.197. The molecule has 4 nitrogen and oxygen atoms in total. The fraction of sp³-hybridized carbons (Fsp3) is 0.158. The molecule has 0 aliphatic carbocycles. The lowest BCUT2D eigenvalue weighted by molar-refractivity contribution is 0.102. The van der Waals surface area contributed by atoms with Crippen molar-refractivity contribution in [1.29, 1.82) is 0 Å². The summed E-state index contributed by atoms with van der Waals surface area (Å²) >= 11 is 4.95. The second-order valence-corrected chi connectivity index (χ2v) is 7.34. The number of nitrogens with one attached hydrogen (secondary N) is 1. The number of methoxy groups -OCH3 is 1. The Labute approximate surface area is 159 Å². The standard InChI is InChI=1S/C19H17BrN2O2S/c1-3-16-17(12-7-9-14(20)10-8-12)21-19(25-16)22-18(23)13-5-4-6-15(11-13)24-2/h4-11H,3H2,1-2H3,(H,21,22,23). The summed E-state index contributed by atoms with van der Waals surface area (Å²) in [5.41, 5.74) is 2.50. The molecule has 0 saturated carbocycles. The van der Waals surface area contributed by atoms with E-state index in [1.54, 1.807) is 31.4 Å². The number of thiazole rings is 1. The van der Waals surface area contributed by atoms with Crippen LogP contribution in [0.3, 0.4) is 0 Å². The molecule has 1 amide bonds. The van der Waals surface area contributed by atoms with Crippen molar-refractivity contribution in [2.75, 3.05) is 12.4 Å². The SMILES string of the molecule is CCc1sc(NC(=O)c2cccc(OC)c2)nc1-c1ccc(Br)cc1. The molecule has 0 unspecified atom stereocenters. The molecule has 1 heterocycles. The third-order valence-electron chi connectivity index (χ3n) is 3.69. The third-order valence-corrected chi connectivity index (χ3v) is 5.33. The summed E-state index contributed by atoms with van der Waals surface area (Å²) < 4.78 is 6.19. The second-order valence-electron chi connectivity index (χ2n) is 5.34. The number of hydrogen-bond acceptors (Lipinski definition) is 4. The predicted molar refractivity (Wildman–Crippen MR) is 106 cm³/mol. The van der Waals surface area contributed by atoms with Crippen LogP contribution in [-0.2, 0) is 6.42 Å². The van der Waals surface area contributed by atoms with Gasteiger partial charge < -0.3 is 4.74 Å². The third kappa shape index (κ3) is 4.08. The summed E-state index contributed by atoms with van der Waals surface area (Å²) in [7, 11) is 1.58. The van der Waals surface area contributed by atoms with Gasteiger partial charge in [-0.3, -0.25) is 10.1 Å². The summed E-state index contributed by atoms with van der Waals surface area (Å²) in [5.74, 6) is 0.453. The molecule has 0 saturated heterocycles. The van der Waals surface area contributed by atoms with Crippen molar-refractivity contribution in [2.24, 2.45) is 0 Å². The lowest BCUT2D eigenvalue weighted by atomic mass is 10.1. The van der Waals surface area contributed by atoms with Gasteiger partial charge in [0.05, 0.1) is 12.8 Å². The number of hydrogen-bond donors (Lipinski definition) is 1. The summed E-state index contributed by atoms with van der Waals surface area (Å²) in [6, 6.07) is 15.1. The number of anilines is 1. The van der Waals surface area contributed by atoms with Crippen LogP contribution in [0.4, 0.5) is 5.13 Å². The first-order valence-electron chi connectivity index (χ1n) is 7.81. The van der Waals surface area contributed by atoms with Crippen molar-refractivity contribution in [3.63, 3.8) is 0 Å². The predicted octanol–water partition coefficient (Wildman–Crippen LogP) is 5.40. The quantitative estimate of drug-likeness (QED) is 0.605. The minimum atomic E-state index is -0.197. The molecule has 25 heavy (non-hydrogen) atoms. The van der Waals surface area contributed by atoms with Gasteiger partial charge in [-0.2, -0.15) is 0 Å². The highest BCUT2D eigenvalue weighted by Gasteiger charge is 2.15. The van der Waals surface area contributed by atoms with Gasteiger partial charge in [0.1, 0.15) is 5.75 Å². The number of rotatable bonds is 5. The molecule has 2 aromatic carbocycles. The number of carbonyl (C=O) groups excluding carboxylic acids is 1. The summed E-state index contributed by atoms with van der Waals surface area (Å²) in [6.07, 6.45) is 0.859. The summed E-state index contributed by atoms with van der Waals surface area (Å²) in [6.45, 7) is 2.09. The smallest absolute Gasteiger partial charge is 0.257 e. The number of benzene rings is 2. The molecule has 0 aliphatic rings. The fourth-order valence-corrected chi connectivity index (χ4v) is 3.59. The largest absolute Gasteiger partial charge is 0.497 e. The van der Waals surface area contributed by atoms with Gasteiger partial charge in [0.15, 0.2) is 5.13 Å². The number of halogens is 1. The Kier molecular flexibility index (Phi) is 5.50. The van der Waals surface area contributed by atoms with E-state index in [0.29, 0.717) is 16.4 Å². The van der Waals surface area contributed by atoms with Gasteiger partial charge in [-0.1, -0.05) is 41.1 Å². The molecular formula is C19H17BrN2O2S. The molecule has 1 aromatic heterocycles. The first kappa shape index (κ1) is 17.6. The van der Waals surface area contributed by atoms with E-state index >= 15 is 0 Å². The highest BCUT2D eigenvalue weighted by Crippen LogP contribution is 2.32. The van der Waals surface area contributed by atoms with Crippen molar-refractivity contribution in [3.05, 3.63) is 63.4 Å². The molecule has 0 spiro atoms. The molecule has 3 rings (SSSR count). The van der Waals surface area contributed by atoms with Crippen LogP contribution in [0.1, 0.15) is 22.2 Å². The molecule has 128 valence electrons. The second kappa shape index (κ2) is 7.80. The van der Waals surface area contributed by atoms with Crippen LogP contribution in [-0.4, -0.2) is 18.0 Å². The minimum Gasteiger partial charge on any atom is -0.497 e. The monoisotopic (exact) mass is 416 g/mol. The zero-order valence-corrected chi connectivity index (χ0v) is 16.3. The molecular weight excluding hydrogens is 400 g/mol. The number of nitrogens with zero attached hydrogens (tertiary/aromatic N) is 1. The zero-order valence-electron chi connectivity index (χ0n) is 13.9. The Balaban J connectivity index is 1.85. The maximum atomic E-state index is 12.5. The Hall–Kier alpha value is -2.18. The van der Waals surface area contributed by atoms with Gasteiger partial charge in [-0.05, 0) is 36.8 Å². The molecule has 3 aromatic rings. The Bertz CT molecular complexity index is 891. The molecule has 0 fully saturated rings. The number of aromatic nitrogens is 1. The van der Waals surface area contributed by atoms with E-state index in [9.17, 15) is 4.79 Å². The molecule has 0 radical (unpaired) electrons. The Morgan fingerprint density at radius 1 is 1.24 bits per heavy atom. The van der Waals surface area contributed by atoms with Crippen molar-refractivity contribution in [2.45, 2.75) is 13.3 Å². The molecule has 0 aliphatic heterocycles. The van der Waals surface area contributed by atoms with Crippen molar-refractivity contribution >= 4 is 38.3 Å². The highest BCUT2D eigenvalue weighted by molar-refractivity contribution is 9.10. The van der Waals surface area contributed by atoms with Crippen molar-refractivity contribution in [1.82, 2.24) is 4.98 Å². The maximum absolute atomic E-state index is 12.5. The normalized spacial score (nSPS) is 10.5. The fourth-order valence-electron chi connectivity index (χ4n) is 2.41. The lowest BCUT2D eigenvalue weighted by Gasteiger charge is -2.04. The number of ether oxygens (including phenoxy) is 1. The van der Waals surface area contributed by atoms with Gasteiger partial charge >= 0.3 is 0 Å². The van der Waals surface area contributed by atoms with Crippen LogP contribution in [0.25, 0.3) is 11.3 Å². The van der Waals surface area contributed by atoms with Crippen molar-refractivity contribution < 1.29 is 9.53 Å². The van der Waals surface area contributed by atoms with Gasteiger partial charge in [-0.15, -0.1) is 11.3 Å². The van der Waals surface area contributed by atoms with Crippen LogP contribution in [0.15, 0.2) is 53.0 Å². The van der Waals surface area contributed by atoms with Gasteiger partial charge in [0.25, 0.3) is 5.91 Å². The van der Waals surface area contributed by atoms with Crippen molar-refractivity contribution in [3.8, 4) is 17.0 Å². The van der Waals surface area contributed by atoms with E-state index in [2.05, 4.69) is 33.2 Å². The van der Waals surface area contributed by atoms with Crippen LogP contribution < -0.4 is 10.1 Å². The van der Waals surface area contributed by atoms with E-state index in [1.807, 2.05) is 24.3 Å². The first-order chi connectivity index (χ1) is 12.1. The summed E-state index contributed by atoms with van der Waals surface area (Å²) in [5, 5.41) is 3.49. The van der Waals surface area contributed by atoms with E-state index in [-0.39, 0.29) is 5.91 Å². The molecule has 0 atom stereocenters. The van der Waals surface area contributed by atoms with Crippen LogP contribution in [0, 0.1) is 0 Å². The van der Waals surface area contributed by atoms with Crippen LogP contribution >= 0.6 is 27.3 Å². The zero-order chi connectivity index (χ0) is 17.8. The van der Waals surface area contributed by atoms with E-state index in [4.69, 9.17) is 4.74 Å². The van der Waals surface area contributed by atoms with Crippen LogP contribution in [0.2, 0.25) is 0 Å². The van der Waals surface area contributed by atoms with Gasteiger partial charge in [0, 0.05) is 20.5 Å². The molecule has 6 heteroatoms. The maximum Gasteiger partial charge on any atom is 0.257 e. The van der Waals surface area contributed by atoms with E-state index in [0.717, 1.165) is 27.0 Å². The van der Waals surface area contributed by atoms with Gasteiger partial charge in [0.2, 0.25) is 0 Å². The Morgan fingerprint density at radius 3 is 2.68 bits per heavy atom. The Morgan fingerprint density at radius 2 is 2.00 bits per heavy atom.